The van der Waals surface area contributed by atoms with Crippen LogP contribution in [0.4, 0.5) is 4.39 Å². The van der Waals surface area contributed by atoms with Crippen LogP contribution in [-0.4, -0.2) is 7.11 Å². The monoisotopic (exact) mass is 287 g/mol. The molecular formula is C18H22FNO. The van der Waals surface area contributed by atoms with Gasteiger partial charge in [0.2, 0.25) is 0 Å². The lowest BCUT2D eigenvalue weighted by molar-refractivity contribution is 0.407. The molecule has 0 aromatic heterocycles. The Labute approximate surface area is 126 Å². The number of hydrogen-bond acceptors (Lipinski definition) is 2. The molecule has 2 nitrogen and oxygen atoms in total. The first-order valence-corrected chi connectivity index (χ1v) is 7.11. The highest BCUT2D eigenvalue weighted by Crippen LogP contribution is 2.20. The van der Waals surface area contributed by atoms with Gasteiger partial charge in [0.05, 0.1) is 7.11 Å². The summed E-state index contributed by atoms with van der Waals surface area (Å²) < 4.78 is 19.0. The molecule has 2 aromatic rings. The molecule has 0 saturated carbocycles. The Bertz CT molecular complexity index is 614. The van der Waals surface area contributed by atoms with Crippen molar-refractivity contribution < 1.29 is 9.13 Å². The Kier molecular flexibility index (Phi) is 4.97. The minimum atomic E-state index is -0.112. The van der Waals surface area contributed by atoms with Crippen molar-refractivity contribution in [2.45, 2.75) is 33.9 Å². The molecular weight excluding hydrogens is 265 g/mol. The lowest BCUT2D eigenvalue weighted by atomic mass is 10.1. The normalized spacial score (nSPS) is 10.7. The number of hydrogen-bond donors (Lipinski definition) is 1. The first-order chi connectivity index (χ1) is 10.0. The molecule has 112 valence electrons. The minimum absolute atomic E-state index is 0.112. The summed E-state index contributed by atoms with van der Waals surface area (Å²) in [6, 6.07) is 9.92. The third-order valence-corrected chi connectivity index (χ3v) is 3.58. The van der Waals surface area contributed by atoms with Crippen LogP contribution >= 0.6 is 0 Å². The zero-order chi connectivity index (χ0) is 15.4. The first-order valence-electron chi connectivity index (χ1n) is 7.11. The molecule has 21 heavy (non-hydrogen) atoms. The average molecular weight is 287 g/mol. The molecule has 0 unspecified atom stereocenters. The van der Waals surface area contributed by atoms with E-state index in [1.54, 1.807) is 21.0 Å². The van der Waals surface area contributed by atoms with Gasteiger partial charge in [-0.3, -0.25) is 0 Å². The van der Waals surface area contributed by atoms with Gasteiger partial charge < -0.3 is 10.1 Å². The van der Waals surface area contributed by atoms with Crippen LogP contribution in [0.1, 0.15) is 27.8 Å². The molecule has 0 aliphatic heterocycles. The second-order valence-electron chi connectivity index (χ2n) is 5.46. The standard InChI is InChI=1S/C18H22FNO/c1-12-5-6-17(21-4)16(7-12)11-20-10-15-8-13(2)18(19)14(3)9-15/h5-9,20H,10-11H2,1-4H3. The van der Waals surface area contributed by atoms with Gasteiger partial charge >= 0.3 is 0 Å². The van der Waals surface area contributed by atoms with Gasteiger partial charge in [-0.1, -0.05) is 29.8 Å². The summed E-state index contributed by atoms with van der Waals surface area (Å²) in [4.78, 5) is 0. The Balaban J connectivity index is 2.03. The summed E-state index contributed by atoms with van der Waals surface area (Å²) >= 11 is 0. The van der Waals surface area contributed by atoms with Crippen molar-refractivity contribution in [1.82, 2.24) is 5.32 Å². The number of methoxy groups -OCH3 is 1. The van der Waals surface area contributed by atoms with E-state index in [2.05, 4.69) is 18.3 Å². The van der Waals surface area contributed by atoms with E-state index in [1.165, 1.54) is 5.56 Å². The molecule has 0 aliphatic carbocycles. The molecule has 0 fully saturated rings. The average Bonchev–Trinajstić information content (AvgIpc) is 2.45. The fraction of sp³-hybridized carbons (Fsp3) is 0.333. The van der Waals surface area contributed by atoms with Gasteiger partial charge in [0, 0.05) is 18.7 Å². The Hall–Kier alpha value is -1.87. The van der Waals surface area contributed by atoms with Gasteiger partial charge in [0.15, 0.2) is 0 Å². The van der Waals surface area contributed by atoms with E-state index < -0.39 is 0 Å². The number of rotatable bonds is 5. The smallest absolute Gasteiger partial charge is 0.129 e. The summed E-state index contributed by atoms with van der Waals surface area (Å²) in [5, 5.41) is 3.39. The van der Waals surface area contributed by atoms with Gasteiger partial charge in [-0.25, -0.2) is 4.39 Å². The maximum atomic E-state index is 13.6. The van der Waals surface area contributed by atoms with E-state index in [9.17, 15) is 4.39 Å². The zero-order valence-electron chi connectivity index (χ0n) is 13.1. The molecule has 0 saturated heterocycles. The highest BCUT2D eigenvalue weighted by Gasteiger charge is 2.06. The second-order valence-corrected chi connectivity index (χ2v) is 5.46. The van der Waals surface area contributed by atoms with Crippen LogP contribution in [0.25, 0.3) is 0 Å². The van der Waals surface area contributed by atoms with Crippen molar-refractivity contribution in [3.63, 3.8) is 0 Å². The van der Waals surface area contributed by atoms with Crippen LogP contribution in [0.3, 0.4) is 0 Å². The molecule has 0 spiro atoms. The second kappa shape index (κ2) is 6.72. The Morgan fingerprint density at radius 1 is 1.00 bits per heavy atom. The fourth-order valence-electron chi connectivity index (χ4n) is 2.52. The quantitative estimate of drug-likeness (QED) is 0.895. The van der Waals surface area contributed by atoms with E-state index in [1.807, 2.05) is 24.3 Å². The van der Waals surface area contributed by atoms with Gasteiger partial charge in [-0.2, -0.15) is 0 Å². The number of nitrogens with one attached hydrogen (secondary N) is 1. The van der Waals surface area contributed by atoms with Gasteiger partial charge in [-0.15, -0.1) is 0 Å². The van der Waals surface area contributed by atoms with Crippen molar-refractivity contribution in [3.05, 3.63) is 64.0 Å². The summed E-state index contributed by atoms with van der Waals surface area (Å²) in [7, 11) is 1.68. The topological polar surface area (TPSA) is 21.3 Å². The summed E-state index contributed by atoms with van der Waals surface area (Å²) in [5.41, 5.74) is 4.83. The van der Waals surface area contributed by atoms with E-state index >= 15 is 0 Å². The van der Waals surface area contributed by atoms with E-state index in [4.69, 9.17) is 4.74 Å². The Morgan fingerprint density at radius 2 is 1.67 bits per heavy atom. The van der Waals surface area contributed by atoms with Crippen molar-refractivity contribution in [3.8, 4) is 5.75 Å². The van der Waals surface area contributed by atoms with Crippen molar-refractivity contribution in [2.75, 3.05) is 7.11 Å². The van der Waals surface area contributed by atoms with Crippen LogP contribution in [0.5, 0.6) is 5.75 Å². The minimum Gasteiger partial charge on any atom is -0.496 e. The zero-order valence-corrected chi connectivity index (χ0v) is 13.1. The maximum absolute atomic E-state index is 13.6. The molecule has 2 aromatic carbocycles. The lowest BCUT2D eigenvalue weighted by Gasteiger charge is -2.12. The van der Waals surface area contributed by atoms with Gasteiger partial charge in [0.25, 0.3) is 0 Å². The molecule has 0 bridgehead atoms. The lowest BCUT2D eigenvalue weighted by Crippen LogP contribution is -2.14. The summed E-state index contributed by atoms with van der Waals surface area (Å²) in [6.07, 6.45) is 0. The van der Waals surface area contributed by atoms with Crippen molar-refractivity contribution in [1.29, 1.82) is 0 Å². The largest absolute Gasteiger partial charge is 0.496 e. The van der Waals surface area contributed by atoms with Crippen LogP contribution < -0.4 is 10.1 Å². The molecule has 0 atom stereocenters. The van der Waals surface area contributed by atoms with Crippen molar-refractivity contribution >= 4 is 0 Å². The van der Waals surface area contributed by atoms with Crippen LogP contribution in [0.15, 0.2) is 30.3 Å². The number of ether oxygens (including phenoxy) is 1. The SMILES string of the molecule is COc1ccc(C)cc1CNCc1cc(C)c(F)c(C)c1. The predicted octanol–water partition coefficient (Wildman–Crippen LogP) is 4.05. The molecule has 0 amide bonds. The van der Waals surface area contributed by atoms with E-state index in [-0.39, 0.29) is 5.82 Å². The molecule has 1 N–H and O–H groups in total. The third kappa shape index (κ3) is 3.82. The van der Waals surface area contributed by atoms with Crippen LogP contribution in [0, 0.1) is 26.6 Å². The third-order valence-electron chi connectivity index (χ3n) is 3.58. The van der Waals surface area contributed by atoms with Gasteiger partial charge in [0.1, 0.15) is 11.6 Å². The number of benzene rings is 2. The maximum Gasteiger partial charge on any atom is 0.129 e. The molecule has 0 radical (unpaired) electrons. The number of aryl methyl sites for hydroxylation is 3. The highest BCUT2D eigenvalue weighted by molar-refractivity contribution is 5.37. The Morgan fingerprint density at radius 3 is 2.29 bits per heavy atom. The summed E-state index contributed by atoms with van der Waals surface area (Å²) in [6.45, 7) is 7.10. The van der Waals surface area contributed by atoms with Crippen LogP contribution in [0.2, 0.25) is 0 Å². The number of halogens is 1. The van der Waals surface area contributed by atoms with E-state index in [0.29, 0.717) is 17.7 Å². The molecule has 0 aliphatic rings. The predicted molar refractivity (Wildman–Crippen MR) is 84.1 cm³/mol. The molecule has 0 heterocycles. The summed E-state index contributed by atoms with van der Waals surface area (Å²) in [5.74, 6) is 0.777. The van der Waals surface area contributed by atoms with Crippen LogP contribution in [-0.2, 0) is 13.1 Å². The van der Waals surface area contributed by atoms with Gasteiger partial charge in [-0.05, 0) is 43.5 Å². The fourth-order valence-corrected chi connectivity index (χ4v) is 2.52. The molecule has 2 rings (SSSR count). The van der Waals surface area contributed by atoms with Crippen molar-refractivity contribution in [2.24, 2.45) is 0 Å². The van der Waals surface area contributed by atoms with E-state index in [0.717, 1.165) is 23.4 Å². The first kappa shape index (κ1) is 15.5. The highest BCUT2D eigenvalue weighted by atomic mass is 19.1. The molecule has 3 heteroatoms.